The zero-order chi connectivity index (χ0) is 33.3. The number of carboxylic acids is 1. The lowest BCUT2D eigenvalue weighted by atomic mass is 10.0. The first-order chi connectivity index (χ1) is 22.8. The van der Waals surface area contributed by atoms with Crippen LogP contribution in [-0.4, -0.2) is 24.2 Å². The van der Waals surface area contributed by atoms with Crippen molar-refractivity contribution in [2.45, 2.75) is 257 Å². The van der Waals surface area contributed by atoms with Crippen molar-refractivity contribution in [2.24, 2.45) is 0 Å². The number of carboxylic acid groups (broad SMARTS) is 1. The van der Waals surface area contributed by atoms with E-state index >= 15 is 0 Å². The Kier molecular flexibility index (Phi) is 41.9. The molecule has 0 aliphatic carbocycles. The minimum Gasteiger partial charge on any atom is -0.481 e. The average molecular weight is 650 g/mol. The highest BCUT2D eigenvalue weighted by atomic mass is 16.4. The summed E-state index contributed by atoms with van der Waals surface area (Å²) in [4.78, 5) is 10.5. The Bertz CT molecular complexity index is 551. The monoisotopic (exact) mass is 650 g/mol. The van der Waals surface area contributed by atoms with E-state index in [2.05, 4.69) is 12.2 Å². The second-order valence-electron chi connectivity index (χ2n) is 15.0. The van der Waals surface area contributed by atoms with Gasteiger partial charge in [-0.3, -0.25) is 4.79 Å². The van der Waals surface area contributed by atoms with E-state index in [1.54, 1.807) is 0 Å². The van der Waals surface area contributed by atoms with Gasteiger partial charge in [0, 0.05) is 6.42 Å². The number of aliphatic carboxylic acids is 1. The summed E-state index contributed by atoms with van der Waals surface area (Å²) in [6.45, 7) is 4.19. The minimum absolute atomic E-state index is 0.284. The van der Waals surface area contributed by atoms with Crippen LogP contribution in [0.4, 0.5) is 0 Å². The second kappa shape index (κ2) is 42.5. The van der Waals surface area contributed by atoms with E-state index in [4.69, 9.17) is 5.11 Å². The first kappa shape index (κ1) is 45.4. The minimum atomic E-state index is -0.687. The summed E-state index contributed by atoms with van der Waals surface area (Å²) in [7, 11) is 0. The maximum atomic E-state index is 10.5. The fourth-order valence-electron chi connectivity index (χ4n) is 7.00. The van der Waals surface area contributed by atoms with Crippen LogP contribution < -0.4 is 5.32 Å². The molecule has 276 valence electrons. The largest absolute Gasteiger partial charge is 0.481 e. The predicted octanol–water partition coefficient (Wildman–Crippen LogP) is 14.9. The molecular weight excluding hydrogens is 562 g/mol. The molecule has 0 amide bonds. The summed E-state index contributed by atoms with van der Waals surface area (Å²) in [5, 5.41) is 12.0. The predicted molar refractivity (Wildman–Crippen MR) is 206 cm³/mol. The molecule has 46 heavy (non-hydrogen) atoms. The van der Waals surface area contributed by atoms with Crippen molar-refractivity contribution in [1.82, 2.24) is 5.32 Å². The zero-order valence-electron chi connectivity index (χ0n) is 31.8. The molecule has 0 aliphatic rings. The van der Waals surface area contributed by atoms with Gasteiger partial charge in [-0.2, -0.15) is 0 Å². The molecule has 0 aromatic carbocycles. The Morgan fingerprint density at radius 1 is 0.326 bits per heavy atom. The van der Waals surface area contributed by atoms with Crippen LogP contribution in [0.25, 0.3) is 0 Å². The highest BCUT2D eigenvalue weighted by Gasteiger charge is 1.99. The molecule has 0 saturated heterocycles. The lowest BCUT2D eigenvalue weighted by Gasteiger charge is -2.05. The molecule has 0 unspecified atom stereocenters. The van der Waals surface area contributed by atoms with Gasteiger partial charge in [0.25, 0.3) is 0 Å². The molecule has 3 nitrogen and oxygen atoms in total. The van der Waals surface area contributed by atoms with E-state index in [1.165, 1.54) is 238 Å². The van der Waals surface area contributed by atoms with Crippen LogP contribution >= 0.6 is 0 Å². The van der Waals surface area contributed by atoms with Crippen molar-refractivity contribution in [3.8, 4) is 0 Å². The van der Waals surface area contributed by atoms with Crippen LogP contribution in [0.1, 0.15) is 257 Å². The van der Waals surface area contributed by atoms with Crippen molar-refractivity contribution in [1.29, 1.82) is 0 Å². The quantitative estimate of drug-likeness (QED) is 0.0647. The highest BCUT2D eigenvalue weighted by molar-refractivity contribution is 5.66. The molecule has 0 saturated carbocycles. The maximum Gasteiger partial charge on any atom is 0.303 e. The van der Waals surface area contributed by atoms with Gasteiger partial charge < -0.3 is 10.4 Å². The van der Waals surface area contributed by atoms with E-state index in [9.17, 15) is 4.79 Å². The van der Waals surface area contributed by atoms with Crippen LogP contribution in [0.5, 0.6) is 0 Å². The molecule has 0 aliphatic heterocycles. The summed E-state index contributed by atoms with van der Waals surface area (Å²) in [5.74, 6) is -0.687. The first-order valence-electron chi connectivity index (χ1n) is 21.7. The normalized spacial score (nSPS) is 11.5. The van der Waals surface area contributed by atoms with Gasteiger partial charge in [-0.1, -0.05) is 238 Å². The van der Waals surface area contributed by atoms with Crippen molar-refractivity contribution < 1.29 is 9.90 Å². The molecule has 0 spiro atoms. The standard InChI is InChI=1S/C43H87NO2/c1-2-3-4-5-6-7-8-9-10-11-12-13-14-15-16-17-18-19-20-21-22-23-24-25-26-27-28-29-30-31-32-33-34-35-36-37-38-41-44-42-39-40-43(45)46/h44H,2-42H2,1H3,(H,45,46). The van der Waals surface area contributed by atoms with Crippen LogP contribution in [0.15, 0.2) is 0 Å². The fraction of sp³-hybridized carbons (Fsp3) is 0.977. The van der Waals surface area contributed by atoms with E-state index in [1.807, 2.05) is 0 Å². The summed E-state index contributed by atoms with van der Waals surface area (Å²) in [5.41, 5.74) is 0. The highest BCUT2D eigenvalue weighted by Crippen LogP contribution is 2.17. The third-order valence-corrected chi connectivity index (χ3v) is 10.2. The Hall–Kier alpha value is -0.570. The van der Waals surface area contributed by atoms with E-state index < -0.39 is 5.97 Å². The molecule has 0 radical (unpaired) electrons. The molecule has 0 atom stereocenters. The van der Waals surface area contributed by atoms with Crippen LogP contribution in [0.2, 0.25) is 0 Å². The lowest BCUT2D eigenvalue weighted by molar-refractivity contribution is -0.137. The third kappa shape index (κ3) is 43.4. The molecular formula is C43H87NO2. The molecule has 2 N–H and O–H groups in total. The summed E-state index contributed by atoms with van der Waals surface area (Å²) >= 11 is 0. The molecule has 0 aromatic rings. The van der Waals surface area contributed by atoms with E-state index in [0.29, 0.717) is 0 Å². The summed E-state index contributed by atoms with van der Waals surface area (Å²) in [6, 6.07) is 0. The van der Waals surface area contributed by atoms with Gasteiger partial charge in [0.15, 0.2) is 0 Å². The average Bonchev–Trinajstić information content (AvgIpc) is 3.05. The maximum absolute atomic E-state index is 10.5. The number of rotatable bonds is 42. The number of unbranched alkanes of at least 4 members (excludes halogenated alkanes) is 36. The van der Waals surface area contributed by atoms with E-state index in [-0.39, 0.29) is 6.42 Å². The van der Waals surface area contributed by atoms with Gasteiger partial charge in [-0.05, 0) is 25.9 Å². The van der Waals surface area contributed by atoms with Crippen LogP contribution in [0.3, 0.4) is 0 Å². The van der Waals surface area contributed by atoms with Gasteiger partial charge in [-0.15, -0.1) is 0 Å². The van der Waals surface area contributed by atoms with Gasteiger partial charge in [-0.25, -0.2) is 0 Å². The van der Waals surface area contributed by atoms with Gasteiger partial charge in [0.05, 0.1) is 0 Å². The molecule has 0 aromatic heterocycles. The molecule has 0 rings (SSSR count). The number of nitrogens with one attached hydrogen (secondary N) is 1. The van der Waals surface area contributed by atoms with Gasteiger partial charge in [0.1, 0.15) is 0 Å². The Balaban J connectivity index is 3.04. The smallest absolute Gasteiger partial charge is 0.303 e. The van der Waals surface area contributed by atoms with E-state index in [0.717, 1.165) is 19.5 Å². The SMILES string of the molecule is CCCCCCCCCCCCCCCCCCCCCCCCCCCCCCCCCCCCCCCNCCCC(=O)O. The Morgan fingerprint density at radius 3 is 0.739 bits per heavy atom. The number of hydrogen-bond acceptors (Lipinski definition) is 2. The van der Waals surface area contributed by atoms with Gasteiger partial charge >= 0.3 is 5.97 Å². The van der Waals surface area contributed by atoms with Crippen molar-refractivity contribution in [2.75, 3.05) is 13.1 Å². The summed E-state index contributed by atoms with van der Waals surface area (Å²) < 4.78 is 0. The second-order valence-corrected chi connectivity index (χ2v) is 15.0. The topological polar surface area (TPSA) is 49.3 Å². The zero-order valence-corrected chi connectivity index (χ0v) is 31.8. The molecule has 0 fully saturated rings. The van der Waals surface area contributed by atoms with Crippen molar-refractivity contribution >= 4 is 5.97 Å². The first-order valence-corrected chi connectivity index (χ1v) is 21.7. The molecule has 0 heterocycles. The van der Waals surface area contributed by atoms with Gasteiger partial charge in [0.2, 0.25) is 0 Å². The third-order valence-electron chi connectivity index (χ3n) is 10.2. The van der Waals surface area contributed by atoms with Crippen molar-refractivity contribution in [3.63, 3.8) is 0 Å². The number of carbonyl (C=O) groups is 1. The Labute approximate surface area is 291 Å². The van der Waals surface area contributed by atoms with Crippen LogP contribution in [-0.2, 0) is 4.79 Å². The Morgan fingerprint density at radius 2 is 0.522 bits per heavy atom. The molecule has 3 heteroatoms. The fourth-order valence-corrected chi connectivity index (χ4v) is 7.00. The van der Waals surface area contributed by atoms with Crippen LogP contribution in [0, 0.1) is 0 Å². The molecule has 0 bridgehead atoms. The lowest BCUT2D eigenvalue weighted by Crippen LogP contribution is -2.17. The van der Waals surface area contributed by atoms with Crippen molar-refractivity contribution in [3.05, 3.63) is 0 Å². The number of hydrogen-bond donors (Lipinski definition) is 2. The summed E-state index contributed by atoms with van der Waals surface area (Å²) in [6.07, 6.45) is 54.7.